The number of fused-ring (bicyclic) bond motifs is 1. The van der Waals surface area contributed by atoms with Gasteiger partial charge in [-0.2, -0.15) is 18.3 Å². The molecule has 3 heterocycles. The highest BCUT2D eigenvalue weighted by Crippen LogP contribution is 2.27. The molecule has 0 radical (unpaired) electrons. The average molecular weight is 682 g/mol. The minimum Gasteiger partial charge on any atom is -0.473 e. The molecule has 48 heavy (non-hydrogen) atoms. The second-order valence-electron chi connectivity index (χ2n) is 13.1. The zero-order valence-corrected chi connectivity index (χ0v) is 28.8. The molecule has 0 saturated carbocycles. The second-order valence-corrected chi connectivity index (χ2v) is 13.1. The van der Waals surface area contributed by atoms with Crippen LogP contribution in [-0.2, 0) is 14.2 Å². The van der Waals surface area contributed by atoms with Crippen molar-refractivity contribution in [2.75, 3.05) is 26.4 Å². The number of alkyl halides is 3. The molecule has 0 aliphatic rings. The Balaban J connectivity index is 1.64. The third-order valence-corrected chi connectivity index (χ3v) is 6.75. The number of nitrogens with one attached hydrogen (secondary N) is 1. The molecule has 13 nitrogen and oxygen atoms in total. The van der Waals surface area contributed by atoms with Crippen LogP contribution in [0.2, 0.25) is 0 Å². The molecule has 0 bridgehead atoms. The largest absolute Gasteiger partial charge is 0.473 e. The fourth-order valence-corrected chi connectivity index (χ4v) is 4.54. The molecular weight excluding hydrogens is 635 g/mol. The molecular formula is C32H46F3N7O6. The average Bonchev–Trinajstić information content (AvgIpc) is 3.44. The van der Waals surface area contributed by atoms with Crippen molar-refractivity contribution in [1.29, 1.82) is 0 Å². The number of hydrogen-bond donors (Lipinski definition) is 1. The first-order chi connectivity index (χ1) is 22.3. The molecule has 0 saturated heterocycles. The first-order valence-electron chi connectivity index (χ1n) is 15.8. The molecule has 0 aliphatic carbocycles. The summed E-state index contributed by atoms with van der Waals surface area (Å²) in [6.45, 7) is 14.8. The van der Waals surface area contributed by atoms with Gasteiger partial charge in [-0.25, -0.2) is 24.1 Å². The molecule has 1 unspecified atom stereocenters. The highest BCUT2D eigenvalue weighted by Gasteiger charge is 2.30. The van der Waals surface area contributed by atoms with Crippen molar-refractivity contribution >= 4 is 17.8 Å². The van der Waals surface area contributed by atoms with E-state index in [1.54, 1.807) is 44.1 Å². The van der Waals surface area contributed by atoms with E-state index in [4.69, 9.17) is 18.9 Å². The maximum Gasteiger partial charge on any atom is 0.410 e. The Labute approximate surface area is 278 Å². The zero-order valence-electron chi connectivity index (χ0n) is 28.8. The minimum atomic E-state index is -4.36. The third kappa shape index (κ3) is 12.4. The molecule has 0 aliphatic heterocycles. The Morgan fingerprint density at radius 1 is 1.00 bits per heavy atom. The number of aromatic nitrogens is 5. The SMILES string of the molecule is CCN(C(=O)OC(C)(C)C)[C@H](C)c1cc(-c2cn3ncnc3c(OCCOCCC(CCC(F)(F)F)NC(=O)OC(C)(C)C)n2)ccn1. The van der Waals surface area contributed by atoms with Gasteiger partial charge < -0.3 is 29.2 Å². The maximum atomic E-state index is 12.8. The first-order valence-corrected chi connectivity index (χ1v) is 15.8. The van der Waals surface area contributed by atoms with E-state index in [0.29, 0.717) is 29.1 Å². The van der Waals surface area contributed by atoms with Gasteiger partial charge in [0.15, 0.2) is 0 Å². The number of halogens is 3. The minimum absolute atomic E-state index is 0.0612. The number of nitrogens with zero attached hydrogens (tertiary/aromatic N) is 6. The quantitative estimate of drug-likeness (QED) is 0.187. The predicted octanol–water partition coefficient (Wildman–Crippen LogP) is 6.53. The first kappa shape index (κ1) is 38.2. The number of alkyl carbamates (subject to hydrolysis) is 1. The number of carbonyl (C=O) groups excluding carboxylic acids is 2. The molecule has 3 aromatic heterocycles. The number of rotatable bonds is 14. The van der Waals surface area contributed by atoms with Gasteiger partial charge in [0.2, 0.25) is 5.65 Å². The van der Waals surface area contributed by atoms with Gasteiger partial charge in [-0.3, -0.25) is 4.98 Å². The van der Waals surface area contributed by atoms with E-state index in [-0.39, 0.29) is 44.6 Å². The molecule has 3 rings (SSSR count). The fraction of sp³-hybridized carbons (Fsp3) is 0.625. The Bertz CT molecular complexity index is 1500. The van der Waals surface area contributed by atoms with Crippen molar-refractivity contribution < 1.29 is 41.7 Å². The van der Waals surface area contributed by atoms with Crippen LogP contribution in [0.3, 0.4) is 0 Å². The number of amides is 2. The summed E-state index contributed by atoms with van der Waals surface area (Å²) in [4.78, 5) is 39.9. The van der Waals surface area contributed by atoms with Crippen LogP contribution < -0.4 is 10.1 Å². The summed E-state index contributed by atoms with van der Waals surface area (Å²) >= 11 is 0. The lowest BCUT2D eigenvalue weighted by molar-refractivity contribution is -0.136. The molecule has 0 fully saturated rings. The monoisotopic (exact) mass is 681 g/mol. The summed E-state index contributed by atoms with van der Waals surface area (Å²) in [6.07, 6.45) is -2.12. The molecule has 3 aromatic rings. The highest BCUT2D eigenvalue weighted by atomic mass is 19.4. The molecule has 16 heteroatoms. The van der Waals surface area contributed by atoms with Crippen LogP contribution in [0.5, 0.6) is 5.88 Å². The predicted molar refractivity (Wildman–Crippen MR) is 170 cm³/mol. The van der Waals surface area contributed by atoms with E-state index in [1.807, 2.05) is 40.7 Å². The van der Waals surface area contributed by atoms with E-state index in [1.165, 1.54) is 10.8 Å². The van der Waals surface area contributed by atoms with Crippen molar-refractivity contribution in [3.63, 3.8) is 0 Å². The van der Waals surface area contributed by atoms with Gasteiger partial charge in [0, 0.05) is 37.4 Å². The third-order valence-electron chi connectivity index (χ3n) is 6.75. The number of hydrogen-bond acceptors (Lipinski definition) is 10. The summed E-state index contributed by atoms with van der Waals surface area (Å²) in [5.74, 6) is 0.193. The van der Waals surface area contributed by atoms with Crippen molar-refractivity contribution in [2.45, 2.75) is 104 Å². The summed E-state index contributed by atoms with van der Waals surface area (Å²) in [5, 5.41) is 6.73. The van der Waals surface area contributed by atoms with Gasteiger partial charge in [-0.1, -0.05) is 0 Å². The molecule has 0 aromatic carbocycles. The number of carbonyl (C=O) groups is 2. The Morgan fingerprint density at radius 3 is 2.35 bits per heavy atom. The highest BCUT2D eigenvalue weighted by molar-refractivity contribution is 5.69. The van der Waals surface area contributed by atoms with Crippen LogP contribution in [0.25, 0.3) is 16.9 Å². The van der Waals surface area contributed by atoms with Crippen LogP contribution in [0.15, 0.2) is 30.9 Å². The van der Waals surface area contributed by atoms with Gasteiger partial charge in [-0.15, -0.1) is 0 Å². The van der Waals surface area contributed by atoms with Gasteiger partial charge in [0.1, 0.15) is 24.1 Å². The topological polar surface area (TPSA) is 142 Å². The summed E-state index contributed by atoms with van der Waals surface area (Å²) in [5.41, 5.74) is 0.789. The molecule has 1 N–H and O–H groups in total. The zero-order chi connectivity index (χ0) is 35.7. The number of ether oxygens (including phenoxy) is 4. The van der Waals surface area contributed by atoms with E-state index in [9.17, 15) is 22.8 Å². The van der Waals surface area contributed by atoms with Crippen molar-refractivity contribution in [1.82, 2.24) is 34.8 Å². The summed E-state index contributed by atoms with van der Waals surface area (Å²) < 4.78 is 62.3. The molecule has 0 spiro atoms. The van der Waals surface area contributed by atoms with Gasteiger partial charge >= 0.3 is 18.4 Å². The summed E-state index contributed by atoms with van der Waals surface area (Å²) in [6, 6.07) is 2.42. The normalized spacial score (nSPS) is 13.6. The standard InChI is InChI=1S/C32H46F3N7O6/c1-9-41(29(44)48-31(6,7)8)21(2)24-18-22(11-14-36-24)25-19-42-26(37-20-38-42)27(40-25)46-17-16-45-15-12-23(10-13-32(33,34)35)39-28(43)47-30(3,4)5/h11,14,18-21,23H,9-10,12-13,15-17H2,1-8H3,(H,39,43)/t21-,23?/m1/s1. The van der Waals surface area contributed by atoms with Gasteiger partial charge in [-0.05, 0) is 80.4 Å². The van der Waals surface area contributed by atoms with Crippen LogP contribution in [-0.4, -0.2) is 91.4 Å². The molecule has 2 amide bonds. The van der Waals surface area contributed by atoms with Crippen LogP contribution in [0.1, 0.15) is 86.4 Å². The second kappa shape index (κ2) is 16.3. The maximum absolute atomic E-state index is 12.8. The van der Waals surface area contributed by atoms with Crippen LogP contribution in [0, 0.1) is 0 Å². The van der Waals surface area contributed by atoms with Crippen molar-refractivity contribution in [3.05, 3.63) is 36.5 Å². The Kier molecular flexibility index (Phi) is 13.0. The molecule has 2 atom stereocenters. The smallest absolute Gasteiger partial charge is 0.410 e. The lowest BCUT2D eigenvalue weighted by Gasteiger charge is -2.30. The lowest BCUT2D eigenvalue weighted by Crippen LogP contribution is -2.40. The van der Waals surface area contributed by atoms with Crippen LogP contribution >= 0.6 is 0 Å². The van der Waals surface area contributed by atoms with Crippen molar-refractivity contribution in [3.8, 4) is 17.1 Å². The summed E-state index contributed by atoms with van der Waals surface area (Å²) in [7, 11) is 0. The lowest BCUT2D eigenvalue weighted by atomic mass is 10.1. The van der Waals surface area contributed by atoms with E-state index < -0.39 is 42.0 Å². The fourth-order valence-electron chi connectivity index (χ4n) is 4.54. The van der Waals surface area contributed by atoms with Gasteiger partial charge in [0.05, 0.1) is 30.2 Å². The Morgan fingerprint density at radius 2 is 1.71 bits per heavy atom. The van der Waals surface area contributed by atoms with E-state index in [2.05, 4.69) is 25.4 Å². The van der Waals surface area contributed by atoms with E-state index in [0.717, 1.165) is 0 Å². The van der Waals surface area contributed by atoms with Gasteiger partial charge in [0.25, 0.3) is 5.88 Å². The van der Waals surface area contributed by atoms with Crippen molar-refractivity contribution in [2.24, 2.45) is 0 Å². The van der Waals surface area contributed by atoms with Crippen LogP contribution in [0.4, 0.5) is 22.8 Å². The Hall–Kier alpha value is -4.21. The number of pyridine rings is 1. The van der Waals surface area contributed by atoms with E-state index >= 15 is 0 Å². The molecule has 266 valence electrons.